The molecule has 1 aromatic heterocycles. The number of carbonyl (C=O) groups excluding carboxylic acids is 1. The van der Waals surface area contributed by atoms with Crippen molar-refractivity contribution in [3.63, 3.8) is 0 Å². The number of anilines is 1. The fraction of sp³-hybridized carbons (Fsp3) is 0.259. The molecule has 0 aliphatic carbocycles. The zero-order valence-electron chi connectivity index (χ0n) is 21.0. The summed E-state index contributed by atoms with van der Waals surface area (Å²) < 4.78 is 120. The Hall–Kier alpha value is -4.23. The van der Waals surface area contributed by atoms with Gasteiger partial charge >= 0.3 is 18.7 Å². The molecule has 0 N–H and O–H groups in total. The summed E-state index contributed by atoms with van der Waals surface area (Å²) in [6.45, 7) is 0.134. The van der Waals surface area contributed by atoms with Crippen LogP contribution in [0.15, 0.2) is 78.6 Å². The Balaban J connectivity index is 1.63. The first kappa shape index (κ1) is 29.7. The zero-order chi connectivity index (χ0) is 30.2. The number of hydrogen-bond acceptors (Lipinski definition) is 4. The molecule has 3 aromatic rings. The van der Waals surface area contributed by atoms with Crippen LogP contribution in [-0.2, 0) is 23.6 Å². The number of rotatable bonds is 7. The lowest BCUT2D eigenvalue weighted by atomic mass is 10.1. The van der Waals surface area contributed by atoms with E-state index in [1.807, 2.05) is 0 Å². The van der Waals surface area contributed by atoms with E-state index in [0.29, 0.717) is 5.56 Å². The molecule has 14 heteroatoms. The Morgan fingerprint density at radius 2 is 1.59 bits per heavy atom. The summed E-state index contributed by atoms with van der Waals surface area (Å²) in [5.74, 6) is -1.20. The lowest BCUT2D eigenvalue weighted by molar-refractivity contribution is -0.274. The normalized spacial score (nSPS) is 16.1. The maximum Gasteiger partial charge on any atom is 0.573 e. The molecule has 0 spiro atoms. The van der Waals surface area contributed by atoms with Gasteiger partial charge in [-0.2, -0.15) is 26.3 Å². The lowest BCUT2D eigenvalue weighted by Gasteiger charge is -2.27. The first-order valence-corrected chi connectivity index (χ1v) is 11.8. The van der Waals surface area contributed by atoms with Crippen molar-refractivity contribution in [2.45, 2.75) is 31.2 Å². The summed E-state index contributed by atoms with van der Waals surface area (Å²) in [4.78, 5) is 19.6. The van der Waals surface area contributed by atoms with Gasteiger partial charge in [0.25, 0.3) is 5.91 Å². The first-order chi connectivity index (χ1) is 19.0. The molecule has 0 saturated heterocycles. The number of alkyl halides is 9. The van der Waals surface area contributed by atoms with Crippen LogP contribution >= 0.6 is 0 Å². The summed E-state index contributed by atoms with van der Waals surface area (Å²) >= 11 is 0. The Labute approximate surface area is 227 Å². The third-order valence-electron chi connectivity index (χ3n) is 6.20. The molecule has 4 rings (SSSR count). The minimum absolute atomic E-state index is 0.0572. The second kappa shape index (κ2) is 11.0. The van der Waals surface area contributed by atoms with Gasteiger partial charge in [-0.1, -0.05) is 18.2 Å². The van der Waals surface area contributed by atoms with Gasteiger partial charge < -0.3 is 9.64 Å². The van der Waals surface area contributed by atoms with E-state index in [0.717, 1.165) is 53.6 Å². The van der Waals surface area contributed by atoms with E-state index in [4.69, 9.17) is 0 Å². The number of hydrogen-bond donors (Lipinski definition) is 0. The quantitative estimate of drug-likeness (QED) is 0.275. The number of halogens is 9. The SMILES string of the molecule is CN(CCc1ccc(C(F)(F)F)nc1)C1=C[C@H](c2cccc(OC(F)(F)F)c2)N(c2ccc(C(F)(F)F)cc2)C1=O. The van der Waals surface area contributed by atoms with Gasteiger partial charge in [-0.05, 0) is 66.1 Å². The molecule has 41 heavy (non-hydrogen) atoms. The van der Waals surface area contributed by atoms with Crippen molar-refractivity contribution in [3.8, 4) is 5.75 Å². The van der Waals surface area contributed by atoms with Gasteiger partial charge in [0, 0.05) is 25.5 Å². The molecule has 5 nitrogen and oxygen atoms in total. The molecular formula is C27H20F9N3O2. The van der Waals surface area contributed by atoms with Gasteiger partial charge in [-0.15, -0.1) is 13.2 Å². The second-order valence-corrected chi connectivity index (χ2v) is 9.06. The smallest absolute Gasteiger partial charge is 0.406 e. The standard InChI is InChI=1S/C27H20F9N3O2/c1-38(12-11-16-5-10-23(37-15-16)26(31,32)33)22-14-21(17-3-2-4-20(13-17)41-27(34,35)36)39(24(22)40)19-8-6-18(7-9-19)25(28,29)30/h2-10,13-15,21H,11-12H2,1H3/t21-/m1/s1. The third kappa shape index (κ3) is 7.11. The minimum Gasteiger partial charge on any atom is -0.406 e. The molecule has 0 fully saturated rings. The largest absolute Gasteiger partial charge is 0.573 e. The molecule has 2 aromatic carbocycles. The van der Waals surface area contributed by atoms with Crippen LogP contribution in [-0.4, -0.2) is 35.7 Å². The predicted molar refractivity (Wildman–Crippen MR) is 128 cm³/mol. The monoisotopic (exact) mass is 589 g/mol. The highest BCUT2D eigenvalue weighted by Gasteiger charge is 2.38. The van der Waals surface area contributed by atoms with Crippen molar-refractivity contribution in [1.29, 1.82) is 0 Å². The van der Waals surface area contributed by atoms with Crippen LogP contribution < -0.4 is 9.64 Å². The van der Waals surface area contributed by atoms with Gasteiger partial charge in [0.1, 0.15) is 17.1 Å². The molecular weight excluding hydrogens is 569 g/mol. The average Bonchev–Trinajstić information content (AvgIpc) is 3.23. The fourth-order valence-electron chi connectivity index (χ4n) is 4.22. The molecule has 1 aliphatic rings. The molecule has 218 valence electrons. The Bertz CT molecular complexity index is 1410. The van der Waals surface area contributed by atoms with Gasteiger partial charge in [0.05, 0.1) is 11.6 Å². The Kier molecular flexibility index (Phi) is 7.96. The van der Waals surface area contributed by atoms with Crippen molar-refractivity contribution in [2.24, 2.45) is 0 Å². The number of nitrogens with zero attached hydrogens (tertiary/aromatic N) is 3. The molecule has 1 amide bonds. The van der Waals surface area contributed by atoms with Gasteiger partial charge in [-0.3, -0.25) is 14.7 Å². The summed E-state index contributed by atoms with van der Waals surface area (Å²) in [5, 5.41) is 0. The summed E-state index contributed by atoms with van der Waals surface area (Å²) in [6.07, 6.45) is -11.5. The molecule has 1 atom stereocenters. The third-order valence-corrected chi connectivity index (χ3v) is 6.20. The zero-order valence-corrected chi connectivity index (χ0v) is 21.0. The molecule has 0 unspecified atom stereocenters. The van der Waals surface area contributed by atoms with Crippen LogP contribution in [0.25, 0.3) is 0 Å². The second-order valence-electron chi connectivity index (χ2n) is 9.06. The van der Waals surface area contributed by atoms with E-state index >= 15 is 0 Å². The topological polar surface area (TPSA) is 45.7 Å². The maximum atomic E-state index is 13.5. The highest BCUT2D eigenvalue weighted by molar-refractivity contribution is 6.08. The van der Waals surface area contributed by atoms with E-state index < -0.39 is 47.7 Å². The highest BCUT2D eigenvalue weighted by Crippen LogP contribution is 2.39. The van der Waals surface area contributed by atoms with Crippen molar-refractivity contribution >= 4 is 11.6 Å². The van der Waals surface area contributed by atoms with Crippen LogP contribution in [0, 0.1) is 0 Å². The molecule has 0 saturated carbocycles. The predicted octanol–water partition coefficient (Wildman–Crippen LogP) is 7.16. The number of pyridine rings is 1. The molecule has 1 aliphatic heterocycles. The number of benzene rings is 2. The number of likely N-dealkylation sites (N-methyl/N-ethyl adjacent to an activating group) is 1. The molecule has 0 radical (unpaired) electrons. The lowest BCUT2D eigenvalue weighted by Crippen LogP contribution is -2.34. The first-order valence-electron chi connectivity index (χ1n) is 11.8. The number of aromatic nitrogens is 1. The highest BCUT2D eigenvalue weighted by atomic mass is 19.4. The van der Waals surface area contributed by atoms with Crippen LogP contribution in [0.1, 0.15) is 28.4 Å². The summed E-state index contributed by atoms with van der Waals surface area (Å²) in [6, 6.07) is 9.62. The van der Waals surface area contributed by atoms with Crippen LogP contribution in [0.3, 0.4) is 0 Å². The molecule has 2 heterocycles. The van der Waals surface area contributed by atoms with Gasteiger partial charge in [0.2, 0.25) is 0 Å². The van der Waals surface area contributed by atoms with Crippen LogP contribution in [0.4, 0.5) is 45.2 Å². The van der Waals surface area contributed by atoms with E-state index in [1.165, 1.54) is 36.2 Å². The van der Waals surface area contributed by atoms with Crippen LogP contribution in [0.5, 0.6) is 5.75 Å². The van der Waals surface area contributed by atoms with E-state index in [1.54, 1.807) is 0 Å². The Morgan fingerprint density at radius 1 is 0.902 bits per heavy atom. The number of amides is 1. The van der Waals surface area contributed by atoms with Crippen molar-refractivity contribution < 1.29 is 49.0 Å². The molecule has 0 bridgehead atoms. The summed E-state index contributed by atoms with van der Waals surface area (Å²) in [7, 11) is 1.53. The maximum absolute atomic E-state index is 13.5. The number of carbonyl (C=O) groups is 1. The van der Waals surface area contributed by atoms with Gasteiger partial charge in [-0.25, -0.2) is 0 Å². The summed E-state index contributed by atoms with van der Waals surface area (Å²) in [5.41, 5.74) is -1.24. The van der Waals surface area contributed by atoms with Crippen molar-refractivity contribution in [1.82, 2.24) is 9.88 Å². The van der Waals surface area contributed by atoms with Crippen molar-refractivity contribution in [3.05, 3.63) is 101 Å². The number of ether oxygens (including phenoxy) is 1. The van der Waals surface area contributed by atoms with Gasteiger partial charge in [0.15, 0.2) is 0 Å². The van der Waals surface area contributed by atoms with Crippen molar-refractivity contribution in [2.75, 3.05) is 18.5 Å². The van der Waals surface area contributed by atoms with E-state index in [2.05, 4.69) is 9.72 Å². The minimum atomic E-state index is -4.98. The van der Waals surface area contributed by atoms with E-state index in [9.17, 15) is 44.3 Å². The van der Waals surface area contributed by atoms with Crippen LogP contribution in [0.2, 0.25) is 0 Å². The Morgan fingerprint density at radius 3 is 2.15 bits per heavy atom. The fourth-order valence-corrected chi connectivity index (χ4v) is 4.22. The van der Waals surface area contributed by atoms with E-state index in [-0.39, 0.29) is 29.9 Å². The average molecular weight is 589 g/mol.